The van der Waals surface area contributed by atoms with Gasteiger partial charge in [0, 0.05) is 10.2 Å². The molecule has 0 saturated carbocycles. The molecule has 0 atom stereocenters. The number of anilines is 4. The fraction of sp³-hybridized carbons (Fsp3) is 0.0833. The maximum Gasteiger partial charge on any atom is 0.225 e. The van der Waals surface area contributed by atoms with E-state index in [1.165, 1.54) is 23.1 Å². The minimum Gasteiger partial charge on any atom is -0.368 e. The lowest BCUT2D eigenvalue weighted by Gasteiger charge is -2.01. The third-order valence-corrected chi connectivity index (χ3v) is 4.98. The van der Waals surface area contributed by atoms with E-state index in [0.29, 0.717) is 16.7 Å². The summed E-state index contributed by atoms with van der Waals surface area (Å²) in [5.41, 5.74) is 12.0. The zero-order valence-electron chi connectivity index (χ0n) is 11.6. The number of nitrogens with zero attached hydrogens (tertiary/aromatic N) is 5. The predicted octanol–water partition coefficient (Wildman–Crippen LogP) is 2.69. The van der Waals surface area contributed by atoms with Gasteiger partial charge in [0.05, 0.1) is 5.75 Å². The summed E-state index contributed by atoms with van der Waals surface area (Å²) in [4.78, 5) is 11.8. The number of thioether (sulfide) groups is 1. The van der Waals surface area contributed by atoms with Crippen molar-refractivity contribution in [1.82, 2.24) is 25.1 Å². The fourth-order valence-corrected chi connectivity index (χ4v) is 3.68. The number of benzene rings is 1. The van der Waals surface area contributed by atoms with Crippen LogP contribution in [0.3, 0.4) is 0 Å². The van der Waals surface area contributed by atoms with Crippen LogP contribution in [0.1, 0.15) is 5.82 Å². The van der Waals surface area contributed by atoms with E-state index in [1.807, 2.05) is 24.3 Å². The average molecular weight is 411 g/mol. The van der Waals surface area contributed by atoms with E-state index in [0.717, 1.165) is 14.5 Å². The van der Waals surface area contributed by atoms with Crippen molar-refractivity contribution in [2.45, 2.75) is 10.1 Å². The van der Waals surface area contributed by atoms with E-state index in [9.17, 15) is 0 Å². The molecule has 0 aliphatic rings. The van der Waals surface area contributed by atoms with E-state index in [4.69, 9.17) is 11.5 Å². The van der Waals surface area contributed by atoms with Crippen LogP contribution in [0, 0.1) is 0 Å². The lowest BCUT2D eigenvalue weighted by Crippen LogP contribution is -2.05. The van der Waals surface area contributed by atoms with Crippen molar-refractivity contribution in [3.05, 3.63) is 34.6 Å². The zero-order valence-corrected chi connectivity index (χ0v) is 14.8. The van der Waals surface area contributed by atoms with Gasteiger partial charge in [-0.1, -0.05) is 45.1 Å². The first-order valence-corrected chi connectivity index (χ1v) is 8.93. The lowest BCUT2D eigenvalue weighted by molar-refractivity contribution is 0.980. The van der Waals surface area contributed by atoms with Crippen molar-refractivity contribution in [3.63, 3.8) is 0 Å². The Balaban J connectivity index is 1.63. The monoisotopic (exact) mass is 410 g/mol. The Bertz CT molecular complexity index is 804. The molecule has 118 valence electrons. The molecule has 0 spiro atoms. The Labute approximate surface area is 148 Å². The summed E-state index contributed by atoms with van der Waals surface area (Å²) < 4.78 is 1.78. The van der Waals surface area contributed by atoms with E-state index in [1.54, 1.807) is 0 Å². The topological polar surface area (TPSA) is 129 Å². The van der Waals surface area contributed by atoms with Crippen molar-refractivity contribution in [2.24, 2.45) is 0 Å². The molecule has 2 heterocycles. The van der Waals surface area contributed by atoms with E-state index in [2.05, 4.69) is 46.4 Å². The molecule has 0 aliphatic carbocycles. The molecule has 3 rings (SSSR count). The van der Waals surface area contributed by atoms with Gasteiger partial charge in [-0.25, -0.2) is 0 Å². The molecule has 8 nitrogen and oxygen atoms in total. The van der Waals surface area contributed by atoms with Gasteiger partial charge in [-0.05, 0) is 18.2 Å². The van der Waals surface area contributed by atoms with Crippen LogP contribution in [-0.4, -0.2) is 25.1 Å². The number of halogens is 1. The van der Waals surface area contributed by atoms with Crippen molar-refractivity contribution in [3.8, 4) is 0 Å². The Hall–Kier alpha value is -1.98. The quantitative estimate of drug-likeness (QED) is 0.543. The van der Waals surface area contributed by atoms with Crippen LogP contribution in [0.2, 0.25) is 0 Å². The number of nitrogen functional groups attached to an aromatic ring is 2. The van der Waals surface area contributed by atoms with Crippen molar-refractivity contribution in [2.75, 3.05) is 16.8 Å². The third-order valence-electron chi connectivity index (χ3n) is 2.52. The number of hydrogen-bond acceptors (Lipinski definition) is 10. The molecule has 11 heteroatoms. The standard InChI is InChI=1S/C12H11BrN8S2/c13-6-2-1-3-7(4-6)16-11-20-21-12(23-11)22-5-8-17-9(14)19-10(15)18-8/h1-4H,5H2,(H,16,20)(H4,14,15,17,18,19). The van der Waals surface area contributed by atoms with Gasteiger partial charge in [0.1, 0.15) is 5.82 Å². The van der Waals surface area contributed by atoms with Gasteiger partial charge in [-0.2, -0.15) is 15.0 Å². The van der Waals surface area contributed by atoms with E-state index >= 15 is 0 Å². The molecule has 5 N–H and O–H groups in total. The Morgan fingerprint density at radius 3 is 2.65 bits per heavy atom. The van der Waals surface area contributed by atoms with Gasteiger partial charge in [-0.15, -0.1) is 10.2 Å². The number of nitrogens with one attached hydrogen (secondary N) is 1. The summed E-state index contributed by atoms with van der Waals surface area (Å²) >= 11 is 6.33. The molecule has 1 aromatic carbocycles. The molecule has 0 fully saturated rings. The SMILES string of the molecule is Nc1nc(N)nc(CSc2nnc(Nc3cccc(Br)c3)s2)n1. The number of hydrogen-bond donors (Lipinski definition) is 3. The number of aromatic nitrogens is 5. The molecule has 0 bridgehead atoms. The van der Waals surface area contributed by atoms with Gasteiger partial charge >= 0.3 is 0 Å². The number of rotatable bonds is 5. The first kappa shape index (κ1) is 15.9. The molecular weight excluding hydrogens is 400 g/mol. The second kappa shape index (κ2) is 7.06. The summed E-state index contributed by atoms with van der Waals surface area (Å²) in [7, 11) is 0. The first-order valence-electron chi connectivity index (χ1n) is 6.33. The smallest absolute Gasteiger partial charge is 0.225 e. The van der Waals surface area contributed by atoms with Crippen molar-refractivity contribution >= 4 is 61.7 Å². The van der Waals surface area contributed by atoms with Crippen LogP contribution in [0.5, 0.6) is 0 Å². The number of nitrogens with two attached hydrogens (primary N) is 2. The van der Waals surface area contributed by atoms with Crippen LogP contribution in [0.4, 0.5) is 22.7 Å². The molecule has 0 radical (unpaired) electrons. The third kappa shape index (κ3) is 4.50. The highest BCUT2D eigenvalue weighted by molar-refractivity contribution is 9.10. The first-order chi connectivity index (χ1) is 11.1. The summed E-state index contributed by atoms with van der Waals surface area (Å²) in [6.07, 6.45) is 0. The molecule has 0 amide bonds. The van der Waals surface area contributed by atoms with Crippen LogP contribution >= 0.6 is 39.0 Å². The Kier molecular flexibility index (Phi) is 4.88. The Morgan fingerprint density at radius 2 is 1.91 bits per heavy atom. The minimum atomic E-state index is 0.113. The fourth-order valence-electron chi connectivity index (χ4n) is 1.66. The van der Waals surface area contributed by atoms with Crippen LogP contribution < -0.4 is 16.8 Å². The van der Waals surface area contributed by atoms with Gasteiger partial charge in [0.2, 0.25) is 17.0 Å². The van der Waals surface area contributed by atoms with Crippen LogP contribution in [0.15, 0.2) is 33.1 Å². The van der Waals surface area contributed by atoms with Crippen LogP contribution in [0.25, 0.3) is 0 Å². The second-order valence-corrected chi connectivity index (χ2v) is 7.38. The molecule has 3 aromatic rings. The maximum absolute atomic E-state index is 5.54. The lowest BCUT2D eigenvalue weighted by atomic mass is 10.3. The molecule has 2 aromatic heterocycles. The summed E-state index contributed by atoms with van der Waals surface area (Å²) in [6.45, 7) is 0. The van der Waals surface area contributed by atoms with E-state index < -0.39 is 0 Å². The molecule has 0 unspecified atom stereocenters. The van der Waals surface area contributed by atoms with Gasteiger partial charge in [0.15, 0.2) is 4.34 Å². The summed E-state index contributed by atoms with van der Waals surface area (Å²) in [6, 6.07) is 7.82. The minimum absolute atomic E-state index is 0.113. The molecular formula is C12H11BrN8S2. The predicted molar refractivity (Wildman–Crippen MR) is 95.5 cm³/mol. The molecule has 0 saturated heterocycles. The summed E-state index contributed by atoms with van der Waals surface area (Å²) in [5.74, 6) is 1.23. The van der Waals surface area contributed by atoms with Crippen molar-refractivity contribution in [1.29, 1.82) is 0 Å². The molecule has 23 heavy (non-hydrogen) atoms. The zero-order chi connectivity index (χ0) is 16.2. The molecule has 0 aliphatic heterocycles. The van der Waals surface area contributed by atoms with Gasteiger partial charge in [0.25, 0.3) is 0 Å². The van der Waals surface area contributed by atoms with Crippen molar-refractivity contribution < 1.29 is 0 Å². The average Bonchev–Trinajstić information content (AvgIpc) is 2.92. The Morgan fingerprint density at radius 1 is 1.13 bits per heavy atom. The van der Waals surface area contributed by atoms with E-state index in [-0.39, 0.29) is 11.9 Å². The normalized spacial score (nSPS) is 10.7. The van der Waals surface area contributed by atoms with Crippen LogP contribution in [-0.2, 0) is 5.75 Å². The highest BCUT2D eigenvalue weighted by Gasteiger charge is 2.08. The van der Waals surface area contributed by atoms with Gasteiger partial charge in [-0.3, -0.25) is 0 Å². The second-order valence-electron chi connectivity index (χ2n) is 4.27. The highest BCUT2D eigenvalue weighted by Crippen LogP contribution is 2.29. The van der Waals surface area contributed by atoms with Gasteiger partial charge < -0.3 is 16.8 Å². The highest BCUT2D eigenvalue weighted by atomic mass is 79.9. The summed E-state index contributed by atoms with van der Waals surface area (Å²) in [5, 5.41) is 12.1. The largest absolute Gasteiger partial charge is 0.368 e. The maximum atomic E-state index is 5.54.